The normalized spacial score (nSPS) is 21.2. The average Bonchev–Trinajstić information content (AvgIpc) is 3.47. The Hall–Kier alpha value is -2.76. The van der Waals surface area contributed by atoms with E-state index in [0.29, 0.717) is 24.1 Å². The molecule has 6 rings (SSSR count). The molecule has 0 amide bonds. The standard InChI is InChI=1S/C29H31ClN2O3/c1-18-13-25(31-29(33-2)24(18)17-32-15-20-5-3-6-21(20)16-32)23-8-4-7-22(28(23)30)19-9-10-26-27(14-19)35-12-11-34-26/h4,7-10,13-14,20-21H,3,5-6,11-12,15-17H2,1-2H3. The molecule has 3 aromatic rings. The van der Waals surface area contributed by atoms with Gasteiger partial charge in [-0.1, -0.05) is 42.3 Å². The number of pyridine rings is 1. The van der Waals surface area contributed by atoms with Gasteiger partial charge in [0.1, 0.15) is 13.2 Å². The van der Waals surface area contributed by atoms with Crippen LogP contribution in [0.3, 0.4) is 0 Å². The first-order valence-electron chi connectivity index (χ1n) is 12.6. The van der Waals surface area contributed by atoms with Crippen molar-refractivity contribution in [2.24, 2.45) is 11.8 Å². The first-order valence-corrected chi connectivity index (χ1v) is 12.9. The quantitative estimate of drug-likeness (QED) is 0.414. The van der Waals surface area contributed by atoms with Gasteiger partial charge < -0.3 is 14.2 Å². The maximum absolute atomic E-state index is 6.98. The number of aromatic nitrogens is 1. The third-order valence-corrected chi connectivity index (χ3v) is 8.22. The summed E-state index contributed by atoms with van der Waals surface area (Å²) in [5.41, 5.74) is 6.00. The molecule has 3 heterocycles. The second-order valence-corrected chi connectivity index (χ2v) is 10.4. The Morgan fingerprint density at radius 3 is 2.51 bits per heavy atom. The number of halogens is 1. The number of ether oxygens (including phenoxy) is 3. The minimum Gasteiger partial charge on any atom is -0.486 e. The highest BCUT2D eigenvalue weighted by atomic mass is 35.5. The molecule has 1 saturated heterocycles. The summed E-state index contributed by atoms with van der Waals surface area (Å²) in [6, 6.07) is 14.2. The number of nitrogens with zero attached hydrogens (tertiary/aromatic N) is 2. The van der Waals surface area contributed by atoms with E-state index in [1.807, 2.05) is 36.4 Å². The van der Waals surface area contributed by atoms with E-state index in [1.165, 1.54) is 43.5 Å². The largest absolute Gasteiger partial charge is 0.486 e. The average molecular weight is 491 g/mol. The fourth-order valence-electron chi connectivity index (χ4n) is 6.02. The lowest BCUT2D eigenvalue weighted by atomic mass is 9.99. The molecule has 3 aliphatic rings. The maximum Gasteiger partial charge on any atom is 0.218 e. The molecule has 1 aromatic heterocycles. The molecule has 0 spiro atoms. The summed E-state index contributed by atoms with van der Waals surface area (Å²) in [6.07, 6.45) is 4.16. The van der Waals surface area contributed by atoms with E-state index in [2.05, 4.69) is 17.9 Å². The second kappa shape index (κ2) is 9.36. The number of aryl methyl sites for hydroxylation is 1. The Morgan fingerprint density at radius 2 is 1.74 bits per heavy atom. The minimum atomic E-state index is 0.554. The molecule has 182 valence electrons. The van der Waals surface area contributed by atoms with E-state index in [4.69, 9.17) is 30.8 Å². The summed E-state index contributed by atoms with van der Waals surface area (Å²) >= 11 is 6.98. The zero-order valence-electron chi connectivity index (χ0n) is 20.4. The van der Waals surface area contributed by atoms with Crippen molar-refractivity contribution in [3.63, 3.8) is 0 Å². The minimum absolute atomic E-state index is 0.554. The van der Waals surface area contributed by atoms with Crippen LogP contribution in [0.25, 0.3) is 22.4 Å². The monoisotopic (exact) mass is 490 g/mol. The fraction of sp³-hybridized carbons (Fsp3) is 0.414. The summed E-state index contributed by atoms with van der Waals surface area (Å²) in [5.74, 6) is 3.96. The highest BCUT2D eigenvalue weighted by molar-refractivity contribution is 6.36. The Bertz CT molecular complexity index is 1250. The summed E-state index contributed by atoms with van der Waals surface area (Å²) in [4.78, 5) is 7.50. The molecule has 0 bridgehead atoms. The van der Waals surface area contributed by atoms with Crippen molar-refractivity contribution < 1.29 is 14.2 Å². The van der Waals surface area contributed by atoms with E-state index in [-0.39, 0.29) is 0 Å². The van der Waals surface area contributed by atoms with Gasteiger partial charge in [0.05, 0.1) is 17.8 Å². The van der Waals surface area contributed by atoms with Crippen LogP contribution in [0.1, 0.15) is 30.4 Å². The summed E-state index contributed by atoms with van der Waals surface area (Å²) < 4.78 is 17.2. The van der Waals surface area contributed by atoms with Gasteiger partial charge >= 0.3 is 0 Å². The number of hydrogen-bond acceptors (Lipinski definition) is 5. The van der Waals surface area contributed by atoms with E-state index < -0.39 is 0 Å². The Morgan fingerprint density at radius 1 is 1.00 bits per heavy atom. The van der Waals surface area contributed by atoms with Crippen LogP contribution < -0.4 is 14.2 Å². The molecule has 1 aliphatic carbocycles. The Balaban J connectivity index is 1.31. The molecule has 1 saturated carbocycles. The maximum atomic E-state index is 6.98. The van der Waals surface area contributed by atoms with E-state index in [0.717, 1.165) is 52.3 Å². The van der Waals surface area contributed by atoms with Crippen molar-refractivity contribution >= 4 is 11.6 Å². The summed E-state index contributed by atoms with van der Waals surface area (Å²) in [5, 5.41) is 0.665. The Kier molecular flexibility index (Phi) is 6.07. The van der Waals surface area contributed by atoms with Crippen LogP contribution in [0.5, 0.6) is 17.4 Å². The molecule has 2 aliphatic heterocycles. The topological polar surface area (TPSA) is 43.8 Å². The molecule has 35 heavy (non-hydrogen) atoms. The zero-order valence-corrected chi connectivity index (χ0v) is 21.1. The van der Waals surface area contributed by atoms with Crippen molar-refractivity contribution in [3.8, 4) is 39.8 Å². The van der Waals surface area contributed by atoms with Crippen molar-refractivity contribution in [1.29, 1.82) is 0 Å². The third kappa shape index (κ3) is 4.25. The molecule has 2 atom stereocenters. The van der Waals surface area contributed by atoms with E-state index in [1.54, 1.807) is 7.11 Å². The van der Waals surface area contributed by atoms with Gasteiger partial charge in [-0.25, -0.2) is 4.98 Å². The van der Waals surface area contributed by atoms with Gasteiger partial charge in [0.25, 0.3) is 0 Å². The molecule has 6 heteroatoms. The molecule has 2 unspecified atom stereocenters. The van der Waals surface area contributed by atoms with Gasteiger partial charge in [0, 0.05) is 36.3 Å². The molecule has 2 aromatic carbocycles. The van der Waals surface area contributed by atoms with Crippen LogP contribution in [-0.4, -0.2) is 43.3 Å². The van der Waals surface area contributed by atoms with Gasteiger partial charge in [0.2, 0.25) is 5.88 Å². The third-order valence-electron chi connectivity index (χ3n) is 7.81. The number of hydrogen-bond donors (Lipinski definition) is 0. The highest BCUT2D eigenvalue weighted by Crippen LogP contribution is 2.42. The number of methoxy groups -OCH3 is 1. The van der Waals surface area contributed by atoms with Crippen LogP contribution >= 0.6 is 11.6 Å². The van der Waals surface area contributed by atoms with Crippen molar-refractivity contribution in [1.82, 2.24) is 9.88 Å². The van der Waals surface area contributed by atoms with E-state index in [9.17, 15) is 0 Å². The lowest BCUT2D eigenvalue weighted by Crippen LogP contribution is -2.22. The molecule has 0 radical (unpaired) electrons. The van der Waals surface area contributed by atoms with Crippen molar-refractivity contribution in [3.05, 3.63) is 58.6 Å². The number of rotatable bonds is 5. The van der Waals surface area contributed by atoms with Crippen LogP contribution in [0.4, 0.5) is 0 Å². The van der Waals surface area contributed by atoms with Gasteiger partial charge in [-0.3, -0.25) is 4.90 Å². The van der Waals surface area contributed by atoms with Crippen molar-refractivity contribution in [2.75, 3.05) is 33.4 Å². The van der Waals surface area contributed by atoms with E-state index >= 15 is 0 Å². The van der Waals surface area contributed by atoms with Crippen molar-refractivity contribution in [2.45, 2.75) is 32.7 Å². The molecular formula is C29H31ClN2O3. The molecule has 0 N–H and O–H groups in total. The SMILES string of the molecule is COc1nc(-c2cccc(-c3ccc4c(c3)OCCO4)c2Cl)cc(C)c1CN1CC2CCCC2C1. The smallest absolute Gasteiger partial charge is 0.218 e. The van der Waals surface area contributed by atoms with Gasteiger partial charge in [-0.15, -0.1) is 0 Å². The second-order valence-electron chi connectivity index (χ2n) is 9.98. The van der Waals surface area contributed by atoms with Crippen LogP contribution in [0.15, 0.2) is 42.5 Å². The molecule has 5 nitrogen and oxygen atoms in total. The van der Waals surface area contributed by atoms with Gasteiger partial charge in [-0.05, 0) is 60.9 Å². The summed E-state index contributed by atoms with van der Waals surface area (Å²) in [7, 11) is 1.71. The first-order chi connectivity index (χ1) is 17.1. The number of fused-ring (bicyclic) bond motifs is 2. The van der Waals surface area contributed by atoms with Crippen LogP contribution in [-0.2, 0) is 6.54 Å². The first kappa shape index (κ1) is 22.7. The Labute approximate surface area is 212 Å². The predicted octanol–water partition coefficient (Wildman–Crippen LogP) is 6.39. The number of benzene rings is 2. The van der Waals surface area contributed by atoms with Crippen LogP contribution in [0.2, 0.25) is 5.02 Å². The zero-order chi connectivity index (χ0) is 23.9. The lowest BCUT2D eigenvalue weighted by Gasteiger charge is -2.21. The van der Waals surface area contributed by atoms with Gasteiger partial charge in [-0.2, -0.15) is 0 Å². The number of likely N-dealkylation sites (tertiary alicyclic amines) is 1. The highest BCUT2D eigenvalue weighted by Gasteiger charge is 2.36. The predicted molar refractivity (Wildman–Crippen MR) is 139 cm³/mol. The lowest BCUT2D eigenvalue weighted by molar-refractivity contribution is 0.171. The van der Waals surface area contributed by atoms with Gasteiger partial charge in [0.15, 0.2) is 11.5 Å². The summed E-state index contributed by atoms with van der Waals surface area (Å²) in [6.45, 7) is 6.55. The molecular weight excluding hydrogens is 460 g/mol. The van der Waals surface area contributed by atoms with Crippen LogP contribution in [0, 0.1) is 18.8 Å². The molecule has 2 fully saturated rings. The fourth-order valence-corrected chi connectivity index (χ4v) is 6.35.